The average molecular weight is 481 g/mol. The molecule has 0 fully saturated rings. The highest BCUT2D eigenvalue weighted by Gasteiger charge is 2.29. The summed E-state index contributed by atoms with van der Waals surface area (Å²) in [5.74, 6) is 0.970. The highest BCUT2D eigenvalue weighted by Crippen LogP contribution is 2.46. The van der Waals surface area contributed by atoms with Crippen molar-refractivity contribution in [2.45, 2.75) is 13.8 Å². The summed E-state index contributed by atoms with van der Waals surface area (Å²) >= 11 is -0.263. The Kier molecular flexibility index (Phi) is 5.99. The summed E-state index contributed by atoms with van der Waals surface area (Å²) in [5, 5.41) is 3.00. The van der Waals surface area contributed by atoms with Crippen LogP contribution in [0.2, 0.25) is 0 Å². The van der Waals surface area contributed by atoms with Gasteiger partial charge in [-0.05, 0) is 38.4 Å². The van der Waals surface area contributed by atoms with Gasteiger partial charge in [0.05, 0.1) is 5.70 Å². The van der Waals surface area contributed by atoms with Gasteiger partial charge in [-0.2, -0.15) is 0 Å². The lowest BCUT2D eigenvalue weighted by atomic mass is 9.96. The minimum absolute atomic E-state index is 0.0256. The standard InChI is InChI=1S/C20H21INO3P/c1-20(2)14-13-17(15-21-16-20)22-26(23,24-18-9-5-3-6-10-18)25-19-11-7-4-8-12-19/h3-16H,1-2H3,(H,22,23). The van der Waals surface area contributed by atoms with E-state index in [1.165, 1.54) is 0 Å². The third kappa shape index (κ3) is 5.58. The van der Waals surface area contributed by atoms with Crippen molar-refractivity contribution < 1.29 is 13.6 Å². The van der Waals surface area contributed by atoms with E-state index in [-0.39, 0.29) is 26.1 Å². The second-order valence-electron chi connectivity index (χ2n) is 6.37. The Bertz CT molecular complexity index is 831. The van der Waals surface area contributed by atoms with Crippen molar-refractivity contribution in [2.24, 2.45) is 5.41 Å². The van der Waals surface area contributed by atoms with Gasteiger partial charge in [0.1, 0.15) is 11.5 Å². The van der Waals surface area contributed by atoms with Crippen LogP contribution in [0.5, 0.6) is 11.5 Å². The number of benzene rings is 2. The van der Waals surface area contributed by atoms with Gasteiger partial charge in [0.15, 0.2) is 0 Å². The maximum atomic E-state index is 13.5. The summed E-state index contributed by atoms with van der Waals surface area (Å²) in [4.78, 5) is 0. The van der Waals surface area contributed by atoms with Crippen molar-refractivity contribution in [3.05, 3.63) is 82.6 Å². The molecule has 2 aromatic carbocycles. The number of hydrogen-bond acceptors (Lipinski definition) is 3. The highest BCUT2D eigenvalue weighted by atomic mass is 127. The quantitative estimate of drug-likeness (QED) is 0.403. The van der Waals surface area contributed by atoms with Gasteiger partial charge >= 0.3 is 7.75 Å². The first-order valence-corrected chi connectivity index (χ1v) is 12.2. The molecule has 0 unspecified atom stereocenters. The van der Waals surface area contributed by atoms with E-state index in [0.717, 1.165) is 5.70 Å². The van der Waals surface area contributed by atoms with Gasteiger partial charge in [-0.1, -0.05) is 77.1 Å². The first kappa shape index (κ1) is 18.9. The fraction of sp³-hybridized carbons (Fsp3) is 0.150. The van der Waals surface area contributed by atoms with Gasteiger partial charge in [-0.3, -0.25) is 5.09 Å². The van der Waals surface area contributed by atoms with E-state index in [2.05, 4.69) is 33.1 Å². The van der Waals surface area contributed by atoms with Crippen LogP contribution in [0.3, 0.4) is 0 Å². The van der Waals surface area contributed by atoms with Crippen LogP contribution in [0.1, 0.15) is 13.8 Å². The molecule has 2 aromatic rings. The van der Waals surface area contributed by atoms with Crippen molar-refractivity contribution in [3.63, 3.8) is 0 Å². The minimum Gasteiger partial charge on any atom is -0.400 e. The van der Waals surface area contributed by atoms with Crippen molar-refractivity contribution in [3.8, 4) is 11.5 Å². The SMILES string of the molecule is CC1(C)C=CC(NP(=O)(Oc2ccccc2)Oc2ccccc2)=CI=C1. The summed E-state index contributed by atoms with van der Waals surface area (Å²) in [5.41, 5.74) is 0.785. The molecule has 4 nitrogen and oxygen atoms in total. The molecule has 1 aliphatic rings. The number of rotatable bonds is 6. The molecule has 0 saturated carbocycles. The summed E-state index contributed by atoms with van der Waals surface area (Å²) in [7, 11) is -3.66. The third-order valence-corrected chi connectivity index (χ3v) is 7.85. The molecule has 1 aliphatic heterocycles. The van der Waals surface area contributed by atoms with Gasteiger partial charge in [-0.25, -0.2) is 4.57 Å². The summed E-state index contributed by atoms with van der Waals surface area (Å²) in [6.07, 6.45) is 4.03. The number of hydrogen-bond donors (Lipinski definition) is 1. The maximum absolute atomic E-state index is 13.5. The number of allylic oxidation sites excluding steroid dienone is 2. The minimum atomic E-state index is -3.66. The lowest BCUT2D eigenvalue weighted by Crippen LogP contribution is -2.17. The molecule has 0 amide bonds. The van der Waals surface area contributed by atoms with Gasteiger partial charge in [0.2, 0.25) is 0 Å². The van der Waals surface area contributed by atoms with E-state index in [1.807, 2.05) is 42.5 Å². The first-order valence-electron chi connectivity index (χ1n) is 8.18. The lowest BCUT2D eigenvalue weighted by molar-refractivity contribution is 0.377. The number of nitrogens with one attached hydrogen (secondary N) is 1. The lowest BCUT2D eigenvalue weighted by Gasteiger charge is -2.21. The maximum Gasteiger partial charge on any atom is 0.541 e. The predicted molar refractivity (Wildman–Crippen MR) is 116 cm³/mol. The Morgan fingerprint density at radius 3 is 2.00 bits per heavy atom. The van der Waals surface area contributed by atoms with Gasteiger partial charge in [0.25, 0.3) is 0 Å². The van der Waals surface area contributed by atoms with Gasteiger partial charge in [0, 0.05) is 5.41 Å². The van der Waals surface area contributed by atoms with Crippen LogP contribution in [0.15, 0.2) is 82.6 Å². The smallest absolute Gasteiger partial charge is 0.400 e. The molecular weight excluding hydrogens is 460 g/mol. The first-order chi connectivity index (χ1) is 12.4. The molecule has 1 heterocycles. The molecule has 0 spiro atoms. The highest BCUT2D eigenvalue weighted by molar-refractivity contribution is 14.2. The van der Waals surface area contributed by atoms with Crippen LogP contribution in [0.4, 0.5) is 0 Å². The molecule has 0 bridgehead atoms. The number of halogens is 1. The van der Waals surface area contributed by atoms with Crippen LogP contribution >= 0.6 is 28.5 Å². The summed E-state index contributed by atoms with van der Waals surface area (Å²) in [6.45, 7) is 4.31. The van der Waals surface area contributed by atoms with Gasteiger partial charge < -0.3 is 9.05 Å². The van der Waals surface area contributed by atoms with Crippen molar-refractivity contribution in [1.29, 1.82) is 0 Å². The molecule has 136 valence electrons. The Labute approximate surface area is 164 Å². The molecule has 26 heavy (non-hydrogen) atoms. The van der Waals surface area contributed by atoms with Crippen LogP contribution in [-0.4, -0.2) is 4.01 Å². The van der Waals surface area contributed by atoms with E-state index < -0.39 is 7.75 Å². The second kappa shape index (κ2) is 8.23. The average Bonchev–Trinajstić information content (AvgIpc) is 2.77. The van der Waals surface area contributed by atoms with E-state index in [9.17, 15) is 4.57 Å². The molecule has 6 heteroatoms. The second-order valence-corrected chi connectivity index (χ2v) is 9.92. The Balaban J connectivity index is 1.86. The van der Waals surface area contributed by atoms with Gasteiger partial charge in [-0.15, -0.1) is 0 Å². The molecule has 3 rings (SSSR count). The molecule has 0 aromatic heterocycles. The zero-order valence-corrected chi connectivity index (χ0v) is 17.7. The van der Waals surface area contributed by atoms with Crippen molar-refractivity contribution in [1.82, 2.24) is 5.09 Å². The monoisotopic (exact) mass is 481 g/mol. The summed E-state index contributed by atoms with van der Waals surface area (Å²) < 4.78 is 29.4. The van der Waals surface area contributed by atoms with E-state index in [0.29, 0.717) is 11.5 Å². The topological polar surface area (TPSA) is 47.6 Å². The van der Waals surface area contributed by atoms with Crippen LogP contribution in [-0.2, 0) is 4.57 Å². The number of para-hydroxylation sites is 2. The van der Waals surface area contributed by atoms with E-state index in [1.54, 1.807) is 24.3 Å². The molecule has 0 aliphatic carbocycles. The zero-order chi connectivity index (χ0) is 18.5. The fourth-order valence-electron chi connectivity index (χ4n) is 2.16. The van der Waals surface area contributed by atoms with Crippen LogP contribution in [0.25, 0.3) is 0 Å². The van der Waals surface area contributed by atoms with Crippen LogP contribution in [0, 0.1) is 5.41 Å². The van der Waals surface area contributed by atoms with E-state index >= 15 is 0 Å². The fourth-order valence-corrected chi connectivity index (χ4v) is 5.86. The largest absolute Gasteiger partial charge is 0.541 e. The van der Waals surface area contributed by atoms with Crippen molar-refractivity contribution >= 4 is 32.5 Å². The Morgan fingerprint density at radius 2 is 1.46 bits per heavy atom. The normalized spacial score (nSPS) is 16.0. The molecule has 0 radical (unpaired) electrons. The third-order valence-electron chi connectivity index (χ3n) is 3.42. The zero-order valence-electron chi connectivity index (χ0n) is 14.6. The molecule has 0 saturated heterocycles. The van der Waals surface area contributed by atoms with E-state index in [4.69, 9.17) is 9.05 Å². The van der Waals surface area contributed by atoms with Crippen LogP contribution < -0.4 is 14.1 Å². The molecule has 0 atom stereocenters. The Hall–Kier alpha value is -1.85. The predicted octanol–water partition coefficient (Wildman–Crippen LogP) is 6.05. The van der Waals surface area contributed by atoms with Crippen molar-refractivity contribution in [2.75, 3.05) is 0 Å². The summed E-state index contributed by atoms with van der Waals surface area (Å²) in [6, 6.07) is 18.1. The molecule has 1 N–H and O–H groups in total. The Morgan fingerprint density at radius 1 is 0.923 bits per heavy atom. The molecular formula is C20H21INO3P.